The zero-order valence-corrected chi connectivity index (χ0v) is 10.5. The van der Waals surface area contributed by atoms with E-state index in [1.54, 1.807) is 18.2 Å². The van der Waals surface area contributed by atoms with Crippen molar-refractivity contribution in [1.82, 2.24) is 5.32 Å². The van der Waals surface area contributed by atoms with Crippen LogP contribution in [0.5, 0.6) is 11.5 Å². The predicted octanol–water partition coefficient (Wildman–Crippen LogP) is 1.37. The number of carboxylic acid groups (broad SMARTS) is 1. The molecular formula is C13H17NO4. The van der Waals surface area contributed by atoms with Crippen molar-refractivity contribution in [2.75, 3.05) is 20.8 Å². The lowest BCUT2D eigenvalue weighted by Crippen LogP contribution is -2.45. The number of hydrogen-bond donors (Lipinski definition) is 2. The lowest BCUT2D eigenvalue weighted by atomic mass is 9.87. The molecule has 1 saturated heterocycles. The van der Waals surface area contributed by atoms with Crippen LogP contribution in [-0.2, 0) is 10.3 Å². The summed E-state index contributed by atoms with van der Waals surface area (Å²) in [6.45, 7) is 0.674. The maximum atomic E-state index is 11.7. The Morgan fingerprint density at radius 2 is 1.94 bits per heavy atom. The molecule has 1 atom stereocenters. The lowest BCUT2D eigenvalue weighted by molar-refractivity contribution is -0.144. The van der Waals surface area contributed by atoms with Gasteiger partial charge >= 0.3 is 5.97 Å². The van der Waals surface area contributed by atoms with Crippen LogP contribution in [-0.4, -0.2) is 31.8 Å². The molecule has 0 amide bonds. The average Bonchev–Trinajstić information content (AvgIpc) is 2.88. The minimum absolute atomic E-state index is 0.527. The van der Waals surface area contributed by atoms with Gasteiger partial charge in [0, 0.05) is 0 Å². The Morgan fingerprint density at radius 1 is 1.33 bits per heavy atom. The molecule has 1 aromatic rings. The topological polar surface area (TPSA) is 67.8 Å². The molecule has 98 valence electrons. The fraction of sp³-hybridized carbons (Fsp3) is 0.462. The summed E-state index contributed by atoms with van der Waals surface area (Å²) in [5.41, 5.74) is -0.544. The molecule has 0 radical (unpaired) electrons. The monoisotopic (exact) mass is 251 g/mol. The van der Waals surface area contributed by atoms with E-state index < -0.39 is 11.5 Å². The zero-order chi connectivity index (χ0) is 13.2. The Labute approximate surface area is 106 Å². The number of carboxylic acids is 1. The normalized spacial score (nSPS) is 22.8. The molecule has 5 nitrogen and oxygen atoms in total. The Kier molecular flexibility index (Phi) is 3.43. The van der Waals surface area contributed by atoms with E-state index >= 15 is 0 Å². The third kappa shape index (κ3) is 1.80. The maximum absolute atomic E-state index is 11.7. The van der Waals surface area contributed by atoms with Gasteiger partial charge in [-0.05, 0) is 31.5 Å². The minimum Gasteiger partial charge on any atom is -0.496 e. The van der Waals surface area contributed by atoms with Gasteiger partial charge in [-0.15, -0.1) is 0 Å². The fourth-order valence-corrected chi connectivity index (χ4v) is 2.52. The van der Waals surface area contributed by atoms with Crippen molar-refractivity contribution in [2.24, 2.45) is 0 Å². The van der Waals surface area contributed by atoms with Crippen LogP contribution in [0.3, 0.4) is 0 Å². The molecule has 1 fully saturated rings. The number of hydrogen-bond acceptors (Lipinski definition) is 4. The van der Waals surface area contributed by atoms with Crippen LogP contribution in [0, 0.1) is 0 Å². The first kappa shape index (κ1) is 12.7. The SMILES string of the molecule is COc1cccc(OC)c1C1(C(=O)O)CCCN1. The third-order valence-electron chi connectivity index (χ3n) is 3.38. The molecule has 0 saturated carbocycles. The Hall–Kier alpha value is -1.75. The van der Waals surface area contributed by atoms with Crippen LogP contribution in [0.2, 0.25) is 0 Å². The van der Waals surface area contributed by atoms with Crippen LogP contribution in [0.4, 0.5) is 0 Å². The van der Waals surface area contributed by atoms with Crippen LogP contribution in [0.15, 0.2) is 18.2 Å². The molecule has 0 aromatic heterocycles. The van der Waals surface area contributed by atoms with Gasteiger partial charge < -0.3 is 14.6 Å². The van der Waals surface area contributed by atoms with Gasteiger partial charge in [-0.1, -0.05) is 6.07 Å². The average molecular weight is 251 g/mol. The Morgan fingerprint density at radius 3 is 2.33 bits per heavy atom. The maximum Gasteiger partial charge on any atom is 0.328 e. The van der Waals surface area contributed by atoms with E-state index in [9.17, 15) is 9.90 Å². The highest BCUT2D eigenvalue weighted by atomic mass is 16.5. The van der Waals surface area contributed by atoms with Gasteiger partial charge in [0.25, 0.3) is 0 Å². The summed E-state index contributed by atoms with van der Waals surface area (Å²) in [6.07, 6.45) is 1.34. The predicted molar refractivity (Wildman–Crippen MR) is 66.1 cm³/mol. The number of aliphatic carboxylic acids is 1. The number of ether oxygens (including phenoxy) is 2. The van der Waals surface area contributed by atoms with Crippen LogP contribution in [0.25, 0.3) is 0 Å². The summed E-state index contributed by atoms with van der Waals surface area (Å²) in [7, 11) is 3.06. The summed E-state index contributed by atoms with van der Waals surface area (Å²) in [6, 6.07) is 5.29. The highest BCUT2D eigenvalue weighted by Gasteiger charge is 2.46. The van der Waals surface area contributed by atoms with Crippen molar-refractivity contribution >= 4 is 5.97 Å². The van der Waals surface area contributed by atoms with Gasteiger partial charge in [0.2, 0.25) is 0 Å². The van der Waals surface area contributed by atoms with Crippen LogP contribution >= 0.6 is 0 Å². The third-order valence-corrected chi connectivity index (χ3v) is 3.38. The van der Waals surface area contributed by atoms with Gasteiger partial charge in [-0.3, -0.25) is 5.32 Å². The van der Waals surface area contributed by atoms with Crippen molar-refractivity contribution < 1.29 is 19.4 Å². The summed E-state index contributed by atoms with van der Waals surface area (Å²) in [5, 5.41) is 12.7. The first-order valence-electron chi connectivity index (χ1n) is 5.85. The largest absolute Gasteiger partial charge is 0.496 e. The second kappa shape index (κ2) is 4.86. The standard InChI is InChI=1S/C13H17NO4/c1-17-9-5-3-6-10(18-2)11(9)13(12(15)16)7-4-8-14-13/h3,5-6,14H,4,7-8H2,1-2H3,(H,15,16). The van der Waals surface area contributed by atoms with E-state index in [2.05, 4.69) is 5.32 Å². The molecule has 1 aliphatic rings. The second-order valence-electron chi connectivity index (χ2n) is 4.28. The molecule has 1 unspecified atom stereocenters. The number of carbonyl (C=O) groups is 1. The van der Waals surface area contributed by atoms with Gasteiger partial charge in [0.05, 0.1) is 19.8 Å². The van der Waals surface area contributed by atoms with E-state index in [1.807, 2.05) is 0 Å². The summed E-state index contributed by atoms with van der Waals surface area (Å²) >= 11 is 0. The molecule has 18 heavy (non-hydrogen) atoms. The van der Waals surface area contributed by atoms with E-state index in [0.29, 0.717) is 30.0 Å². The number of benzene rings is 1. The summed E-state index contributed by atoms with van der Waals surface area (Å²) in [4.78, 5) is 11.7. The molecule has 0 aliphatic carbocycles. The molecular weight excluding hydrogens is 234 g/mol. The fourth-order valence-electron chi connectivity index (χ4n) is 2.52. The first-order chi connectivity index (χ1) is 8.65. The molecule has 2 rings (SSSR count). The van der Waals surface area contributed by atoms with Crippen molar-refractivity contribution in [3.8, 4) is 11.5 Å². The quantitative estimate of drug-likeness (QED) is 0.846. The van der Waals surface area contributed by atoms with Crippen molar-refractivity contribution in [3.05, 3.63) is 23.8 Å². The van der Waals surface area contributed by atoms with Crippen molar-refractivity contribution in [1.29, 1.82) is 0 Å². The van der Waals surface area contributed by atoms with Crippen LogP contribution < -0.4 is 14.8 Å². The zero-order valence-electron chi connectivity index (χ0n) is 10.5. The van der Waals surface area contributed by atoms with E-state index in [-0.39, 0.29) is 0 Å². The molecule has 2 N–H and O–H groups in total. The molecule has 0 spiro atoms. The van der Waals surface area contributed by atoms with Gasteiger partial charge in [-0.25, -0.2) is 4.79 Å². The smallest absolute Gasteiger partial charge is 0.328 e. The van der Waals surface area contributed by atoms with Gasteiger partial charge in [0.1, 0.15) is 17.0 Å². The van der Waals surface area contributed by atoms with Crippen molar-refractivity contribution in [2.45, 2.75) is 18.4 Å². The summed E-state index contributed by atoms with van der Waals surface area (Å²) in [5.74, 6) is 0.167. The lowest BCUT2D eigenvalue weighted by Gasteiger charge is -2.28. The van der Waals surface area contributed by atoms with Crippen LogP contribution in [0.1, 0.15) is 18.4 Å². The highest BCUT2D eigenvalue weighted by molar-refractivity contribution is 5.83. The number of rotatable bonds is 4. The number of methoxy groups -OCH3 is 2. The molecule has 1 aromatic carbocycles. The Balaban J connectivity index is 2.63. The Bertz CT molecular complexity index is 430. The molecule has 1 aliphatic heterocycles. The van der Waals surface area contributed by atoms with Crippen molar-refractivity contribution in [3.63, 3.8) is 0 Å². The first-order valence-corrected chi connectivity index (χ1v) is 5.85. The highest BCUT2D eigenvalue weighted by Crippen LogP contribution is 2.42. The second-order valence-corrected chi connectivity index (χ2v) is 4.28. The van der Waals surface area contributed by atoms with E-state index in [0.717, 1.165) is 6.42 Å². The molecule has 1 heterocycles. The summed E-state index contributed by atoms with van der Waals surface area (Å²) < 4.78 is 10.6. The van der Waals surface area contributed by atoms with Gasteiger partial charge in [-0.2, -0.15) is 0 Å². The van der Waals surface area contributed by atoms with E-state index in [1.165, 1.54) is 14.2 Å². The minimum atomic E-state index is -1.11. The molecule has 5 heteroatoms. The van der Waals surface area contributed by atoms with E-state index in [4.69, 9.17) is 9.47 Å². The number of nitrogens with one attached hydrogen (secondary N) is 1. The molecule has 0 bridgehead atoms. The van der Waals surface area contributed by atoms with Gasteiger partial charge in [0.15, 0.2) is 0 Å².